The maximum atomic E-state index is 11.2. The number of carbonyl (C=O) groups is 2. The molecule has 0 aromatic rings. The van der Waals surface area contributed by atoms with E-state index in [2.05, 4.69) is 16.1 Å². The van der Waals surface area contributed by atoms with Gasteiger partial charge >= 0.3 is 6.03 Å². The number of hydrogen-bond acceptors (Lipinski definition) is 4. The van der Waals surface area contributed by atoms with Gasteiger partial charge in [0.2, 0.25) is 5.91 Å². The number of amides is 3. The monoisotopic (exact) mass is 258 g/mol. The third kappa shape index (κ3) is 3.04. The summed E-state index contributed by atoms with van der Waals surface area (Å²) in [6, 6.07) is 0.494. The summed E-state index contributed by atoms with van der Waals surface area (Å²) in [4.78, 5) is 22.1. The first-order chi connectivity index (χ1) is 8.20. The van der Waals surface area contributed by atoms with Crippen LogP contribution in [0.3, 0.4) is 0 Å². The van der Waals surface area contributed by atoms with Crippen LogP contribution in [0.1, 0.15) is 25.7 Å². The van der Waals surface area contributed by atoms with Crippen molar-refractivity contribution in [1.82, 2.24) is 16.1 Å². The Morgan fingerprint density at radius 1 is 1.47 bits per heavy atom. The number of unbranched alkanes of at least 4 members (excludes halogenated alkanes) is 1. The van der Waals surface area contributed by atoms with Crippen molar-refractivity contribution in [3.05, 3.63) is 0 Å². The molecule has 2 rings (SSSR count). The van der Waals surface area contributed by atoms with E-state index in [9.17, 15) is 9.59 Å². The Morgan fingerprint density at radius 2 is 2.29 bits per heavy atom. The van der Waals surface area contributed by atoms with Gasteiger partial charge in [0.15, 0.2) is 0 Å². The largest absolute Gasteiger partial charge is 0.332 e. The summed E-state index contributed by atoms with van der Waals surface area (Å²) in [5, 5.41) is 6.34. The maximum Gasteiger partial charge on any atom is 0.315 e. The van der Waals surface area contributed by atoms with Gasteiger partial charge in [-0.2, -0.15) is 11.8 Å². The second kappa shape index (κ2) is 5.59. The van der Waals surface area contributed by atoms with Crippen LogP contribution in [0.5, 0.6) is 0 Å². The highest BCUT2D eigenvalue weighted by Gasteiger charge is 2.42. The van der Waals surface area contributed by atoms with Crippen molar-refractivity contribution < 1.29 is 9.59 Å². The molecule has 0 spiro atoms. The normalized spacial score (nSPS) is 30.6. The fraction of sp³-hybridized carbons (Fsp3) is 0.800. The summed E-state index contributed by atoms with van der Waals surface area (Å²) in [5.74, 6) is 5.87. The van der Waals surface area contributed by atoms with Gasteiger partial charge in [0.1, 0.15) is 0 Å². The van der Waals surface area contributed by atoms with Gasteiger partial charge in [-0.3, -0.25) is 10.2 Å². The lowest BCUT2D eigenvalue weighted by atomic mass is 10.0. The molecular formula is C10H18N4O2S. The minimum Gasteiger partial charge on any atom is -0.332 e. The molecule has 0 saturated carbocycles. The zero-order valence-electron chi connectivity index (χ0n) is 9.57. The molecule has 2 aliphatic heterocycles. The Hall–Kier alpha value is -0.950. The van der Waals surface area contributed by atoms with Crippen molar-refractivity contribution in [3.63, 3.8) is 0 Å². The molecule has 0 bridgehead atoms. The number of rotatable bonds is 5. The van der Waals surface area contributed by atoms with Crippen LogP contribution in [0.25, 0.3) is 0 Å². The van der Waals surface area contributed by atoms with Crippen molar-refractivity contribution in [3.8, 4) is 0 Å². The minimum atomic E-state index is -0.113. The number of hydrogen-bond donors (Lipinski definition) is 4. The summed E-state index contributed by atoms with van der Waals surface area (Å²) >= 11 is 1.90. The van der Waals surface area contributed by atoms with Gasteiger partial charge < -0.3 is 10.6 Å². The SMILES string of the molecule is NNC(=O)CCCCC1SC[C@H]2NC(=O)N[C@H]12. The topological polar surface area (TPSA) is 96.2 Å². The predicted molar refractivity (Wildman–Crippen MR) is 66.3 cm³/mol. The lowest BCUT2D eigenvalue weighted by Gasteiger charge is -2.16. The smallest absolute Gasteiger partial charge is 0.315 e. The predicted octanol–water partition coefficient (Wildman–Crippen LogP) is -0.298. The Balaban J connectivity index is 1.66. The first-order valence-corrected chi connectivity index (χ1v) is 6.93. The van der Waals surface area contributed by atoms with Gasteiger partial charge in [0.05, 0.1) is 12.1 Å². The molecule has 6 nitrogen and oxygen atoms in total. The van der Waals surface area contributed by atoms with Crippen molar-refractivity contribution in [2.75, 3.05) is 5.75 Å². The van der Waals surface area contributed by atoms with Crippen molar-refractivity contribution in [2.24, 2.45) is 5.84 Å². The van der Waals surface area contributed by atoms with Crippen LogP contribution in [-0.2, 0) is 4.79 Å². The van der Waals surface area contributed by atoms with E-state index >= 15 is 0 Å². The second-order valence-electron chi connectivity index (χ2n) is 4.44. The van der Waals surface area contributed by atoms with Gasteiger partial charge in [-0.15, -0.1) is 0 Å². The van der Waals surface area contributed by atoms with Crippen LogP contribution in [0.15, 0.2) is 0 Å². The van der Waals surface area contributed by atoms with E-state index in [0.29, 0.717) is 11.7 Å². The van der Waals surface area contributed by atoms with Gasteiger partial charge in [0.25, 0.3) is 0 Å². The maximum absolute atomic E-state index is 11.2. The van der Waals surface area contributed by atoms with E-state index in [4.69, 9.17) is 5.84 Å². The lowest BCUT2D eigenvalue weighted by molar-refractivity contribution is -0.121. The molecule has 0 aliphatic carbocycles. The van der Waals surface area contributed by atoms with Crippen LogP contribution in [0.2, 0.25) is 0 Å². The number of carbonyl (C=O) groups excluding carboxylic acids is 2. The quantitative estimate of drug-likeness (QED) is 0.179. The molecule has 5 N–H and O–H groups in total. The molecule has 2 aliphatic rings. The Labute approximate surface area is 104 Å². The number of urea groups is 1. The zero-order valence-corrected chi connectivity index (χ0v) is 10.4. The van der Waals surface area contributed by atoms with E-state index in [0.717, 1.165) is 25.0 Å². The summed E-state index contributed by atoms with van der Waals surface area (Å²) in [5.41, 5.74) is 2.13. The first-order valence-electron chi connectivity index (χ1n) is 5.89. The van der Waals surface area contributed by atoms with Crippen LogP contribution in [0.4, 0.5) is 4.79 Å². The molecule has 7 heteroatoms. The fourth-order valence-corrected chi connectivity index (χ4v) is 3.89. The van der Waals surface area contributed by atoms with Crippen LogP contribution < -0.4 is 21.9 Å². The molecule has 17 heavy (non-hydrogen) atoms. The van der Waals surface area contributed by atoms with Crippen molar-refractivity contribution in [2.45, 2.75) is 43.0 Å². The number of nitrogens with one attached hydrogen (secondary N) is 3. The highest BCUT2D eigenvalue weighted by atomic mass is 32.2. The minimum absolute atomic E-state index is 0.0483. The zero-order chi connectivity index (χ0) is 12.3. The van der Waals surface area contributed by atoms with Gasteiger partial charge in [-0.25, -0.2) is 10.6 Å². The second-order valence-corrected chi connectivity index (χ2v) is 5.71. The molecule has 0 radical (unpaired) electrons. The average Bonchev–Trinajstić information content (AvgIpc) is 2.84. The van der Waals surface area contributed by atoms with E-state index < -0.39 is 0 Å². The number of nitrogens with two attached hydrogens (primary N) is 1. The van der Waals surface area contributed by atoms with E-state index in [1.54, 1.807) is 0 Å². The van der Waals surface area contributed by atoms with E-state index in [1.165, 1.54) is 0 Å². The number of thioether (sulfide) groups is 1. The molecule has 1 unspecified atom stereocenters. The third-order valence-electron chi connectivity index (χ3n) is 3.24. The van der Waals surface area contributed by atoms with Crippen molar-refractivity contribution >= 4 is 23.7 Å². The van der Waals surface area contributed by atoms with Crippen LogP contribution >= 0.6 is 11.8 Å². The van der Waals surface area contributed by atoms with E-state index in [-0.39, 0.29) is 24.0 Å². The molecule has 96 valence electrons. The lowest BCUT2D eigenvalue weighted by Crippen LogP contribution is -2.36. The molecule has 2 saturated heterocycles. The number of hydrazine groups is 1. The van der Waals surface area contributed by atoms with Crippen LogP contribution in [-0.4, -0.2) is 35.0 Å². The average molecular weight is 258 g/mol. The van der Waals surface area contributed by atoms with E-state index in [1.807, 2.05) is 11.8 Å². The van der Waals surface area contributed by atoms with Crippen molar-refractivity contribution in [1.29, 1.82) is 0 Å². The molecule has 0 aromatic heterocycles. The summed E-state index contributed by atoms with van der Waals surface area (Å²) < 4.78 is 0. The highest BCUT2D eigenvalue weighted by molar-refractivity contribution is 8.00. The molecule has 2 fully saturated rings. The molecule has 0 aromatic carbocycles. The molecule has 2 heterocycles. The summed E-state index contributed by atoms with van der Waals surface area (Å²) in [6.07, 6.45) is 3.35. The Kier molecular flexibility index (Phi) is 4.11. The summed E-state index contributed by atoms with van der Waals surface area (Å²) in [6.45, 7) is 0. The van der Waals surface area contributed by atoms with Gasteiger partial charge in [-0.05, 0) is 12.8 Å². The van der Waals surface area contributed by atoms with Crippen LogP contribution in [0, 0.1) is 0 Å². The Morgan fingerprint density at radius 3 is 3.06 bits per heavy atom. The Bertz CT molecular complexity index is 313. The summed E-state index contributed by atoms with van der Waals surface area (Å²) in [7, 11) is 0. The standard InChI is InChI=1S/C10H18N4O2S/c11-14-8(15)4-2-1-3-7-9-6(5-17-7)12-10(16)13-9/h6-7,9H,1-5,11H2,(H,14,15)(H2,12,13,16)/t6-,7?,9+/m1/s1. The van der Waals surface area contributed by atoms with Gasteiger partial charge in [-0.1, -0.05) is 6.42 Å². The molecular weight excluding hydrogens is 240 g/mol. The highest BCUT2D eigenvalue weighted by Crippen LogP contribution is 2.33. The fourth-order valence-electron chi connectivity index (χ4n) is 2.35. The number of fused-ring (bicyclic) bond motifs is 1. The van der Waals surface area contributed by atoms with Gasteiger partial charge in [0, 0.05) is 17.4 Å². The first kappa shape index (κ1) is 12.5. The third-order valence-corrected chi connectivity index (χ3v) is 4.75. The molecule has 3 atom stereocenters. The molecule has 3 amide bonds.